The molecule has 1 N–H and O–H groups in total. The minimum absolute atomic E-state index is 0.000240. The van der Waals surface area contributed by atoms with E-state index >= 15 is 0 Å². The van der Waals surface area contributed by atoms with Gasteiger partial charge in [-0.15, -0.1) is 12.3 Å². The van der Waals surface area contributed by atoms with Crippen LogP contribution in [0.25, 0.3) is 0 Å². The molecule has 25 heavy (non-hydrogen) atoms. The molecule has 1 saturated carbocycles. The summed E-state index contributed by atoms with van der Waals surface area (Å²) in [6, 6.07) is 3.79. The lowest BCUT2D eigenvalue weighted by Crippen LogP contribution is -2.27. The summed E-state index contributed by atoms with van der Waals surface area (Å²) in [6.45, 7) is 5.65. The Morgan fingerprint density at radius 1 is 1.28 bits per heavy atom. The zero-order valence-corrected chi connectivity index (χ0v) is 14.7. The number of aryl methyl sites for hydroxylation is 2. The largest absolute Gasteiger partial charge is 0.345 e. The highest BCUT2D eigenvalue weighted by molar-refractivity contribution is 6.15. The molecule has 2 rings (SSSR count). The van der Waals surface area contributed by atoms with Gasteiger partial charge in [-0.2, -0.15) is 0 Å². The molecule has 0 saturated heterocycles. The van der Waals surface area contributed by atoms with Gasteiger partial charge in [0.05, 0.1) is 6.54 Å². The Labute approximate surface area is 148 Å². The number of terminal acetylenes is 1. The number of hydrogen-bond acceptors (Lipinski definition) is 3. The maximum atomic E-state index is 12.8. The fourth-order valence-corrected chi connectivity index (χ4v) is 3.42. The third-order valence-electron chi connectivity index (χ3n) is 4.43. The number of ketones is 2. The molecular formula is C21H21NO3. The highest BCUT2D eigenvalue weighted by Crippen LogP contribution is 2.37. The lowest BCUT2D eigenvalue weighted by atomic mass is 9.86. The molecule has 0 radical (unpaired) electrons. The Bertz CT molecular complexity index is 810. The third-order valence-corrected chi connectivity index (χ3v) is 4.43. The number of rotatable bonds is 4. The van der Waals surface area contributed by atoms with Crippen molar-refractivity contribution in [2.75, 3.05) is 6.54 Å². The summed E-state index contributed by atoms with van der Waals surface area (Å²) in [5.74, 6) is 6.19. The quantitative estimate of drug-likeness (QED) is 0.677. The van der Waals surface area contributed by atoms with Crippen LogP contribution >= 0.6 is 0 Å². The summed E-state index contributed by atoms with van der Waals surface area (Å²) in [4.78, 5) is 37.1. The van der Waals surface area contributed by atoms with Gasteiger partial charge in [-0.05, 0) is 49.6 Å². The van der Waals surface area contributed by atoms with E-state index in [9.17, 15) is 14.4 Å². The van der Waals surface area contributed by atoms with Crippen molar-refractivity contribution in [3.8, 4) is 24.2 Å². The molecule has 2 unspecified atom stereocenters. The SMILES string of the molecule is C#CCNC(=O)CC1CC(=O)C(c2c(C)cc(C#CC)cc2C)C1=O. The molecule has 0 aliphatic heterocycles. The van der Waals surface area contributed by atoms with E-state index in [0.717, 1.165) is 22.3 Å². The van der Waals surface area contributed by atoms with Crippen LogP contribution in [-0.4, -0.2) is 24.0 Å². The van der Waals surface area contributed by atoms with Crippen LogP contribution in [0, 0.1) is 44.0 Å². The van der Waals surface area contributed by atoms with E-state index in [2.05, 4.69) is 23.1 Å². The van der Waals surface area contributed by atoms with Crippen molar-refractivity contribution in [1.29, 1.82) is 0 Å². The maximum Gasteiger partial charge on any atom is 0.221 e. The molecule has 4 heteroatoms. The van der Waals surface area contributed by atoms with Crippen molar-refractivity contribution in [3.63, 3.8) is 0 Å². The summed E-state index contributed by atoms with van der Waals surface area (Å²) in [5.41, 5.74) is 3.37. The highest BCUT2D eigenvalue weighted by atomic mass is 16.2. The molecule has 0 bridgehead atoms. The third kappa shape index (κ3) is 3.98. The first-order valence-corrected chi connectivity index (χ1v) is 8.19. The lowest BCUT2D eigenvalue weighted by Gasteiger charge is -2.16. The van der Waals surface area contributed by atoms with Gasteiger partial charge in [0.15, 0.2) is 5.78 Å². The van der Waals surface area contributed by atoms with Crippen LogP contribution in [0.1, 0.15) is 47.9 Å². The van der Waals surface area contributed by atoms with E-state index in [1.807, 2.05) is 26.0 Å². The van der Waals surface area contributed by atoms with Crippen molar-refractivity contribution in [1.82, 2.24) is 5.32 Å². The first kappa shape index (κ1) is 18.5. The summed E-state index contributed by atoms with van der Waals surface area (Å²) >= 11 is 0. The monoisotopic (exact) mass is 335 g/mol. The van der Waals surface area contributed by atoms with Crippen molar-refractivity contribution < 1.29 is 14.4 Å². The molecule has 1 aliphatic carbocycles. The van der Waals surface area contributed by atoms with Gasteiger partial charge in [0.1, 0.15) is 11.7 Å². The highest BCUT2D eigenvalue weighted by Gasteiger charge is 2.43. The van der Waals surface area contributed by atoms with Gasteiger partial charge < -0.3 is 5.32 Å². The summed E-state index contributed by atoms with van der Waals surface area (Å²) < 4.78 is 0. The second-order valence-corrected chi connectivity index (χ2v) is 6.29. The molecule has 1 aliphatic rings. The van der Waals surface area contributed by atoms with Gasteiger partial charge in [-0.25, -0.2) is 0 Å². The molecule has 1 amide bonds. The van der Waals surface area contributed by atoms with Crippen LogP contribution < -0.4 is 5.32 Å². The number of benzene rings is 1. The van der Waals surface area contributed by atoms with Gasteiger partial charge in [-0.3, -0.25) is 14.4 Å². The second-order valence-electron chi connectivity index (χ2n) is 6.29. The molecule has 4 nitrogen and oxygen atoms in total. The smallest absolute Gasteiger partial charge is 0.221 e. The summed E-state index contributed by atoms with van der Waals surface area (Å²) in [6.07, 6.45) is 5.20. The Balaban J connectivity index is 2.27. The lowest BCUT2D eigenvalue weighted by molar-refractivity contribution is -0.128. The zero-order valence-electron chi connectivity index (χ0n) is 14.7. The van der Waals surface area contributed by atoms with Crippen LogP contribution in [0.4, 0.5) is 0 Å². The van der Waals surface area contributed by atoms with Gasteiger partial charge in [0, 0.05) is 24.3 Å². The van der Waals surface area contributed by atoms with Crippen molar-refractivity contribution in [2.45, 2.75) is 39.5 Å². The van der Waals surface area contributed by atoms with Gasteiger partial charge in [0.2, 0.25) is 5.91 Å². The molecule has 1 aromatic rings. The van der Waals surface area contributed by atoms with Crippen LogP contribution in [0.15, 0.2) is 12.1 Å². The average Bonchev–Trinajstić information content (AvgIpc) is 2.80. The summed E-state index contributed by atoms with van der Waals surface area (Å²) in [5, 5.41) is 2.54. The first-order valence-electron chi connectivity index (χ1n) is 8.19. The maximum absolute atomic E-state index is 12.8. The Kier molecular flexibility index (Phi) is 5.78. The van der Waals surface area contributed by atoms with Crippen molar-refractivity contribution in [3.05, 3.63) is 34.4 Å². The number of hydrogen-bond donors (Lipinski definition) is 1. The fraction of sp³-hybridized carbons (Fsp3) is 0.381. The number of nitrogens with one attached hydrogen (secondary N) is 1. The number of Topliss-reactive ketones (excluding diaryl/α,β-unsaturated/α-hetero) is 2. The predicted molar refractivity (Wildman–Crippen MR) is 95.8 cm³/mol. The van der Waals surface area contributed by atoms with Crippen LogP contribution in [-0.2, 0) is 14.4 Å². The minimum Gasteiger partial charge on any atom is -0.345 e. The van der Waals surface area contributed by atoms with E-state index in [-0.39, 0.29) is 36.9 Å². The Hall–Kier alpha value is -2.85. The average molecular weight is 335 g/mol. The molecule has 1 aromatic carbocycles. The predicted octanol–water partition coefficient (Wildman–Crippen LogP) is 2.06. The van der Waals surface area contributed by atoms with Crippen molar-refractivity contribution >= 4 is 17.5 Å². The standard InChI is InChI=1S/C21H21NO3/c1-5-7-15-9-13(3)19(14(4)10-15)20-17(23)11-16(21(20)25)12-18(24)22-8-6-2/h2,9-10,16,20H,8,11-12H2,1,3-4H3,(H,22,24). The molecular weight excluding hydrogens is 314 g/mol. The number of carbonyl (C=O) groups is 3. The first-order chi connectivity index (χ1) is 11.9. The van der Waals surface area contributed by atoms with Gasteiger partial charge in [0.25, 0.3) is 0 Å². The van der Waals surface area contributed by atoms with Crippen LogP contribution in [0.2, 0.25) is 0 Å². The van der Waals surface area contributed by atoms with E-state index in [1.165, 1.54) is 0 Å². The normalized spacial score (nSPS) is 19.1. The van der Waals surface area contributed by atoms with Crippen LogP contribution in [0.5, 0.6) is 0 Å². The number of amides is 1. The van der Waals surface area contributed by atoms with Gasteiger partial charge >= 0.3 is 0 Å². The van der Waals surface area contributed by atoms with E-state index in [0.29, 0.717) is 0 Å². The molecule has 2 atom stereocenters. The minimum atomic E-state index is -0.783. The summed E-state index contributed by atoms with van der Waals surface area (Å²) in [7, 11) is 0. The zero-order chi connectivity index (χ0) is 18.6. The topological polar surface area (TPSA) is 63.2 Å². The fourth-order valence-electron chi connectivity index (χ4n) is 3.42. The Morgan fingerprint density at radius 2 is 1.92 bits per heavy atom. The van der Waals surface area contributed by atoms with Crippen LogP contribution in [0.3, 0.4) is 0 Å². The van der Waals surface area contributed by atoms with Crippen molar-refractivity contribution in [2.24, 2.45) is 5.92 Å². The Morgan fingerprint density at radius 3 is 2.48 bits per heavy atom. The molecule has 0 heterocycles. The molecule has 128 valence electrons. The second kappa shape index (κ2) is 7.81. The molecule has 1 fully saturated rings. The molecule has 0 aromatic heterocycles. The van der Waals surface area contributed by atoms with E-state index in [4.69, 9.17) is 6.42 Å². The van der Waals surface area contributed by atoms with E-state index < -0.39 is 11.8 Å². The van der Waals surface area contributed by atoms with E-state index in [1.54, 1.807) is 6.92 Å². The number of carbonyl (C=O) groups excluding carboxylic acids is 3. The molecule has 0 spiro atoms. The van der Waals surface area contributed by atoms with Gasteiger partial charge in [-0.1, -0.05) is 11.8 Å².